The first-order valence-corrected chi connectivity index (χ1v) is 15.7. The lowest BCUT2D eigenvalue weighted by Gasteiger charge is -2.32. The molecule has 1 nitrogen and oxygen atoms in total. The summed E-state index contributed by atoms with van der Waals surface area (Å²) in [4.78, 5) is 2.38. The van der Waals surface area contributed by atoms with Crippen molar-refractivity contribution >= 4 is 12.6 Å². The quantitative estimate of drug-likeness (QED) is 0.351. The van der Waals surface area contributed by atoms with Gasteiger partial charge in [-0.25, -0.2) is 0 Å². The van der Waals surface area contributed by atoms with E-state index in [0.717, 1.165) is 17.8 Å². The van der Waals surface area contributed by atoms with Gasteiger partial charge in [0.2, 0.25) is 0 Å². The molecule has 2 heteroatoms. The normalized spacial score (nSPS) is 23.4. The van der Waals surface area contributed by atoms with Crippen LogP contribution in [0.5, 0.6) is 0 Å². The fourth-order valence-electron chi connectivity index (χ4n) is 4.81. The highest BCUT2D eigenvalue weighted by atomic mass is 32.1. The smallest absolute Gasteiger partial charge is 0.00892 e. The Balaban J connectivity index is 0. The molecule has 3 rings (SSSR count). The third-order valence-corrected chi connectivity index (χ3v) is 8.11. The summed E-state index contributed by atoms with van der Waals surface area (Å²) in [5.41, 5.74) is 0. The van der Waals surface area contributed by atoms with Gasteiger partial charge in [-0.3, -0.25) is 0 Å². The van der Waals surface area contributed by atoms with Gasteiger partial charge in [0.1, 0.15) is 0 Å². The second-order valence-electron chi connectivity index (χ2n) is 11.1. The van der Waals surface area contributed by atoms with E-state index in [2.05, 4.69) is 67.5 Å². The van der Waals surface area contributed by atoms with Crippen LogP contribution in [0, 0.1) is 17.8 Å². The van der Waals surface area contributed by atoms with E-state index in [0.29, 0.717) is 11.3 Å². The van der Waals surface area contributed by atoms with Crippen LogP contribution in [0.25, 0.3) is 0 Å². The van der Waals surface area contributed by atoms with E-state index in [-0.39, 0.29) is 0 Å². The Labute approximate surface area is 218 Å². The Kier molecular flexibility index (Phi) is 27.3. The highest BCUT2D eigenvalue weighted by molar-refractivity contribution is 7.81. The highest BCUT2D eigenvalue weighted by Crippen LogP contribution is 2.36. The Bertz CT molecular complexity index is 350. The van der Waals surface area contributed by atoms with E-state index < -0.39 is 0 Å². The minimum atomic E-state index is 0.675. The first-order chi connectivity index (χ1) is 15.8. The Morgan fingerprint density at radius 1 is 0.727 bits per heavy atom. The zero-order valence-electron chi connectivity index (χ0n) is 24.8. The minimum absolute atomic E-state index is 0.675. The predicted molar refractivity (Wildman–Crippen MR) is 159 cm³/mol. The standard InChI is InChI=1S/C14H29NS.C6H12.C5H10.2C3H8/c1-5-7-12(11(2)15(3)4)10-13-8-6-9-14(13)16;1-2-6-4-3-5-6;1-2-4-5-3-1;2*1-3-2/h11-14,16H,5-10H2,1-4H3;6H,2-5H2,1H3;1-5H2;2*3H2,1-2H3. The molecule has 0 N–H and O–H groups in total. The van der Waals surface area contributed by atoms with Gasteiger partial charge in [-0.05, 0) is 64.5 Å². The molecule has 0 aromatic carbocycles. The molecule has 0 radical (unpaired) electrons. The fourth-order valence-corrected chi connectivity index (χ4v) is 5.27. The summed E-state index contributed by atoms with van der Waals surface area (Å²) in [5.74, 6) is 2.85. The first kappa shape index (κ1) is 35.5. The van der Waals surface area contributed by atoms with Crippen LogP contribution >= 0.6 is 12.6 Å². The summed E-state index contributed by atoms with van der Waals surface area (Å²) < 4.78 is 0. The van der Waals surface area contributed by atoms with Crippen LogP contribution in [0.15, 0.2) is 0 Å². The second-order valence-corrected chi connectivity index (χ2v) is 11.8. The minimum Gasteiger partial charge on any atom is -0.306 e. The monoisotopic (exact) mass is 485 g/mol. The summed E-state index contributed by atoms with van der Waals surface area (Å²) in [6.45, 7) is 15.5. The molecule has 0 aliphatic heterocycles. The average Bonchev–Trinajstić information content (AvgIpc) is 3.44. The van der Waals surface area contributed by atoms with Gasteiger partial charge in [0.25, 0.3) is 0 Å². The van der Waals surface area contributed by atoms with Crippen molar-refractivity contribution in [3.8, 4) is 0 Å². The van der Waals surface area contributed by atoms with Crippen LogP contribution in [0.3, 0.4) is 0 Å². The highest BCUT2D eigenvalue weighted by Gasteiger charge is 2.29. The number of nitrogens with zero attached hydrogens (tertiary/aromatic N) is 1. The van der Waals surface area contributed by atoms with E-state index in [1.807, 2.05) is 0 Å². The molecule has 33 heavy (non-hydrogen) atoms. The summed E-state index contributed by atoms with van der Waals surface area (Å²) in [6, 6.07) is 0.709. The van der Waals surface area contributed by atoms with Crippen molar-refractivity contribution in [3.05, 3.63) is 0 Å². The van der Waals surface area contributed by atoms with Crippen LogP contribution in [0.2, 0.25) is 0 Å². The third-order valence-electron chi connectivity index (χ3n) is 7.43. The Morgan fingerprint density at radius 2 is 1.18 bits per heavy atom. The maximum atomic E-state index is 4.74. The van der Waals surface area contributed by atoms with Crippen LogP contribution in [0.1, 0.15) is 158 Å². The number of hydrogen-bond acceptors (Lipinski definition) is 2. The molecule has 3 aliphatic carbocycles. The van der Waals surface area contributed by atoms with Gasteiger partial charge in [-0.1, -0.05) is 125 Å². The van der Waals surface area contributed by atoms with Crippen LogP contribution in [-0.2, 0) is 0 Å². The van der Waals surface area contributed by atoms with Crippen molar-refractivity contribution in [3.63, 3.8) is 0 Å². The largest absolute Gasteiger partial charge is 0.306 e. The molecule has 0 aromatic rings. The molecule has 3 saturated carbocycles. The van der Waals surface area contributed by atoms with Gasteiger partial charge in [0.05, 0.1) is 0 Å². The predicted octanol–water partition coefficient (Wildman–Crippen LogP) is 10.8. The zero-order chi connectivity index (χ0) is 25.5. The molecule has 4 atom stereocenters. The molecule has 202 valence electrons. The van der Waals surface area contributed by atoms with Crippen molar-refractivity contribution in [1.29, 1.82) is 0 Å². The van der Waals surface area contributed by atoms with Gasteiger partial charge >= 0.3 is 0 Å². The SMILES string of the molecule is C1CCCC1.CCC.CCC.CCC1CCC1.CCCC(CC1CCCC1S)C(C)N(C)C. The Morgan fingerprint density at radius 3 is 1.42 bits per heavy atom. The second kappa shape index (κ2) is 25.4. The first-order valence-electron chi connectivity index (χ1n) is 15.2. The van der Waals surface area contributed by atoms with Gasteiger partial charge in [-0.15, -0.1) is 0 Å². The van der Waals surface area contributed by atoms with Crippen LogP contribution < -0.4 is 0 Å². The number of rotatable bonds is 7. The lowest BCUT2D eigenvalue weighted by atomic mass is 9.84. The van der Waals surface area contributed by atoms with E-state index in [4.69, 9.17) is 12.6 Å². The van der Waals surface area contributed by atoms with Gasteiger partial charge < -0.3 is 4.90 Å². The Hall–Kier alpha value is 0.310. The lowest BCUT2D eigenvalue weighted by molar-refractivity contribution is 0.188. The number of hydrogen-bond donors (Lipinski definition) is 1. The fraction of sp³-hybridized carbons (Fsp3) is 1.00. The van der Waals surface area contributed by atoms with E-state index in [9.17, 15) is 0 Å². The molecule has 0 spiro atoms. The molecule has 0 saturated heterocycles. The molecule has 3 aliphatic rings. The maximum Gasteiger partial charge on any atom is 0.00892 e. The van der Waals surface area contributed by atoms with E-state index in [1.165, 1.54) is 109 Å². The molecule has 0 aromatic heterocycles. The third kappa shape index (κ3) is 20.2. The van der Waals surface area contributed by atoms with Gasteiger partial charge in [0.15, 0.2) is 0 Å². The topological polar surface area (TPSA) is 3.24 Å². The molecule has 4 unspecified atom stereocenters. The summed E-state index contributed by atoms with van der Waals surface area (Å²) in [5, 5.41) is 0.675. The van der Waals surface area contributed by atoms with Crippen LogP contribution in [0.4, 0.5) is 0 Å². The average molecular weight is 486 g/mol. The van der Waals surface area contributed by atoms with Gasteiger partial charge in [0, 0.05) is 11.3 Å². The van der Waals surface area contributed by atoms with E-state index in [1.54, 1.807) is 0 Å². The summed E-state index contributed by atoms with van der Waals surface area (Å²) >= 11 is 4.74. The van der Waals surface area contributed by atoms with Crippen molar-refractivity contribution in [2.45, 2.75) is 169 Å². The summed E-state index contributed by atoms with van der Waals surface area (Å²) in [6.07, 6.45) is 24.2. The van der Waals surface area contributed by atoms with Crippen LogP contribution in [-0.4, -0.2) is 30.3 Å². The number of thiol groups is 1. The molecule has 0 bridgehead atoms. The molecule has 0 heterocycles. The van der Waals surface area contributed by atoms with Crippen molar-refractivity contribution < 1.29 is 0 Å². The van der Waals surface area contributed by atoms with Gasteiger partial charge in [-0.2, -0.15) is 12.6 Å². The molecular formula is C31H67NS. The zero-order valence-corrected chi connectivity index (χ0v) is 25.7. The maximum absolute atomic E-state index is 4.74. The van der Waals surface area contributed by atoms with Crippen molar-refractivity contribution in [1.82, 2.24) is 4.90 Å². The van der Waals surface area contributed by atoms with Crippen molar-refractivity contribution in [2.24, 2.45) is 17.8 Å². The molecule has 3 fully saturated rings. The molecule has 0 amide bonds. The lowest BCUT2D eigenvalue weighted by Crippen LogP contribution is -2.34. The van der Waals surface area contributed by atoms with Crippen molar-refractivity contribution in [2.75, 3.05) is 14.1 Å². The van der Waals surface area contributed by atoms with E-state index >= 15 is 0 Å². The molecular weight excluding hydrogens is 418 g/mol. The summed E-state index contributed by atoms with van der Waals surface area (Å²) in [7, 11) is 4.42.